The monoisotopic (exact) mass is 340 g/mol. The molecule has 1 aliphatic rings. The second-order valence-electron chi connectivity index (χ2n) is 7.01. The highest BCUT2D eigenvalue weighted by Crippen LogP contribution is 2.21. The van der Waals surface area contributed by atoms with Gasteiger partial charge in [-0.15, -0.1) is 5.10 Å². The molecule has 1 aliphatic heterocycles. The average molecular weight is 341 g/mol. The predicted molar refractivity (Wildman–Crippen MR) is 89.3 cm³/mol. The first-order valence-electron chi connectivity index (χ1n) is 7.91. The molecule has 23 heavy (non-hydrogen) atoms. The van der Waals surface area contributed by atoms with Crippen molar-refractivity contribution in [2.45, 2.75) is 51.8 Å². The van der Waals surface area contributed by atoms with Gasteiger partial charge in [0.1, 0.15) is 5.60 Å². The Kier molecular flexibility index (Phi) is 5.81. The number of hydrogen-bond donors (Lipinski definition) is 0. The van der Waals surface area contributed by atoms with Crippen LogP contribution in [-0.4, -0.2) is 57.9 Å². The van der Waals surface area contributed by atoms with E-state index in [1.165, 1.54) is 0 Å². The van der Waals surface area contributed by atoms with Crippen molar-refractivity contribution in [2.75, 3.05) is 20.1 Å². The van der Waals surface area contributed by atoms with Crippen LogP contribution >= 0.6 is 11.6 Å². The molecule has 2 heterocycles. The number of amides is 1. The number of carbonyl (C=O) groups excluding carboxylic acids is 1. The summed E-state index contributed by atoms with van der Waals surface area (Å²) in [6, 6.07) is 3.78. The lowest BCUT2D eigenvalue weighted by molar-refractivity contribution is 0.0201. The number of ether oxygens (including phenoxy) is 1. The fourth-order valence-electron chi connectivity index (χ4n) is 2.72. The molecule has 0 aromatic carbocycles. The topological polar surface area (TPSA) is 58.6 Å². The second-order valence-corrected chi connectivity index (χ2v) is 7.40. The smallest absolute Gasteiger partial charge is 0.410 e. The van der Waals surface area contributed by atoms with E-state index in [0.29, 0.717) is 11.7 Å². The zero-order chi connectivity index (χ0) is 17.0. The Bertz CT molecular complexity index is 530. The number of carbonyl (C=O) groups is 1. The highest BCUT2D eigenvalue weighted by molar-refractivity contribution is 6.29. The predicted octanol–water partition coefficient (Wildman–Crippen LogP) is 2.96. The average Bonchev–Trinajstić information content (AvgIpc) is 2.87. The van der Waals surface area contributed by atoms with Crippen LogP contribution in [0.3, 0.4) is 0 Å². The van der Waals surface area contributed by atoms with Gasteiger partial charge < -0.3 is 9.64 Å². The maximum Gasteiger partial charge on any atom is 0.410 e. The highest BCUT2D eigenvalue weighted by Gasteiger charge is 2.32. The molecule has 0 N–H and O–H groups in total. The normalized spacial score (nSPS) is 18.5. The minimum absolute atomic E-state index is 0.176. The summed E-state index contributed by atoms with van der Waals surface area (Å²) in [6.07, 6.45) is 1.79. The third-order valence-corrected chi connectivity index (χ3v) is 3.85. The lowest BCUT2D eigenvalue weighted by Crippen LogP contribution is -2.44. The van der Waals surface area contributed by atoms with Crippen molar-refractivity contribution in [1.29, 1.82) is 0 Å². The van der Waals surface area contributed by atoms with Crippen LogP contribution in [0.4, 0.5) is 4.79 Å². The van der Waals surface area contributed by atoms with Crippen LogP contribution in [0.25, 0.3) is 0 Å². The molecule has 0 saturated carbocycles. The molecule has 0 radical (unpaired) electrons. The first-order valence-corrected chi connectivity index (χ1v) is 8.28. The van der Waals surface area contributed by atoms with Crippen LogP contribution in [0.2, 0.25) is 5.15 Å². The summed E-state index contributed by atoms with van der Waals surface area (Å²) in [5.41, 5.74) is 0.397. The van der Waals surface area contributed by atoms with E-state index in [4.69, 9.17) is 16.3 Å². The minimum atomic E-state index is -0.463. The molecule has 1 aromatic rings. The fraction of sp³-hybridized carbons (Fsp3) is 0.688. The first kappa shape index (κ1) is 17.9. The Hall–Kier alpha value is -1.40. The number of likely N-dealkylation sites (N-methyl/N-ethyl adjacent to an activating group) is 1. The maximum absolute atomic E-state index is 12.3. The van der Waals surface area contributed by atoms with Gasteiger partial charge in [0.25, 0.3) is 0 Å². The second kappa shape index (κ2) is 7.45. The van der Waals surface area contributed by atoms with Crippen LogP contribution in [0.15, 0.2) is 12.1 Å². The molecule has 7 heteroatoms. The Morgan fingerprint density at radius 1 is 1.43 bits per heavy atom. The van der Waals surface area contributed by atoms with Gasteiger partial charge in [0.05, 0.1) is 5.69 Å². The van der Waals surface area contributed by atoms with E-state index in [1.54, 1.807) is 6.07 Å². The maximum atomic E-state index is 12.3. The molecule has 0 bridgehead atoms. The van der Waals surface area contributed by atoms with Crippen molar-refractivity contribution < 1.29 is 9.53 Å². The van der Waals surface area contributed by atoms with Crippen LogP contribution in [0, 0.1) is 0 Å². The molecule has 0 spiro atoms. The van der Waals surface area contributed by atoms with Gasteiger partial charge in [-0.25, -0.2) is 4.79 Å². The van der Waals surface area contributed by atoms with Gasteiger partial charge in [-0.05, 0) is 52.8 Å². The Morgan fingerprint density at radius 3 is 2.78 bits per heavy atom. The molecule has 0 aliphatic carbocycles. The van der Waals surface area contributed by atoms with E-state index in [1.807, 2.05) is 38.8 Å². The summed E-state index contributed by atoms with van der Waals surface area (Å²) >= 11 is 5.75. The van der Waals surface area contributed by atoms with Crippen molar-refractivity contribution in [3.05, 3.63) is 23.0 Å². The highest BCUT2D eigenvalue weighted by atomic mass is 35.5. The lowest BCUT2D eigenvalue weighted by Gasteiger charge is -2.30. The van der Waals surface area contributed by atoms with Gasteiger partial charge in [-0.3, -0.25) is 4.90 Å². The van der Waals surface area contributed by atoms with Crippen LogP contribution < -0.4 is 0 Å². The van der Waals surface area contributed by atoms with Crippen molar-refractivity contribution >= 4 is 17.7 Å². The van der Waals surface area contributed by atoms with Gasteiger partial charge in [0.2, 0.25) is 0 Å². The Labute approximate surface area is 142 Å². The summed E-state index contributed by atoms with van der Waals surface area (Å²) in [4.78, 5) is 16.3. The number of likely N-dealkylation sites (tertiary alicyclic amines) is 1. The number of hydrogen-bond acceptors (Lipinski definition) is 5. The number of aromatic nitrogens is 2. The van der Waals surface area contributed by atoms with E-state index >= 15 is 0 Å². The van der Waals surface area contributed by atoms with Gasteiger partial charge >= 0.3 is 6.09 Å². The summed E-state index contributed by atoms with van der Waals surface area (Å²) in [6.45, 7) is 7.88. The summed E-state index contributed by atoms with van der Waals surface area (Å²) in [7, 11) is 2.02. The first-order chi connectivity index (χ1) is 10.7. The molecule has 128 valence electrons. The molecule has 1 amide bonds. The Balaban J connectivity index is 1.90. The van der Waals surface area contributed by atoms with Gasteiger partial charge in [-0.2, -0.15) is 5.10 Å². The zero-order valence-corrected chi connectivity index (χ0v) is 15.0. The van der Waals surface area contributed by atoms with Crippen LogP contribution in [-0.2, 0) is 11.3 Å². The standard InChI is InChI=1S/C16H25ClN4O2/c1-16(2,3)23-15(22)21-9-5-6-13(21)11-20(4)10-12-7-8-14(17)19-18-12/h7-8,13H,5-6,9-11H2,1-4H3/t13-/m1/s1. The molecule has 1 atom stereocenters. The van der Waals surface area contributed by atoms with Crippen LogP contribution in [0.1, 0.15) is 39.3 Å². The fourth-order valence-corrected chi connectivity index (χ4v) is 2.82. The number of halogens is 1. The third kappa shape index (κ3) is 5.62. The van der Waals surface area contributed by atoms with Crippen molar-refractivity contribution in [2.24, 2.45) is 0 Å². The van der Waals surface area contributed by atoms with E-state index in [2.05, 4.69) is 15.1 Å². The van der Waals surface area contributed by atoms with Gasteiger partial charge in [0.15, 0.2) is 5.15 Å². The molecule has 1 aromatic heterocycles. The van der Waals surface area contributed by atoms with E-state index in [9.17, 15) is 4.79 Å². The summed E-state index contributed by atoms with van der Waals surface area (Å²) in [5.74, 6) is 0. The van der Waals surface area contributed by atoms with Crippen LogP contribution in [0.5, 0.6) is 0 Å². The van der Waals surface area contributed by atoms with Crippen molar-refractivity contribution in [3.63, 3.8) is 0 Å². The SMILES string of the molecule is CN(Cc1ccc(Cl)nn1)C[C@H]1CCCN1C(=O)OC(C)(C)C. The molecule has 6 nitrogen and oxygen atoms in total. The summed E-state index contributed by atoms with van der Waals surface area (Å²) in [5, 5.41) is 8.31. The van der Waals surface area contributed by atoms with Gasteiger partial charge in [-0.1, -0.05) is 11.6 Å². The zero-order valence-electron chi connectivity index (χ0n) is 14.3. The molecule has 1 saturated heterocycles. The molecular weight excluding hydrogens is 316 g/mol. The minimum Gasteiger partial charge on any atom is -0.444 e. The summed E-state index contributed by atoms with van der Waals surface area (Å²) < 4.78 is 5.50. The van der Waals surface area contributed by atoms with E-state index < -0.39 is 5.60 Å². The molecule has 2 rings (SSSR count). The number of rotatable bonds is 4. The van der Waals surface area contributed by atoms with E-state index in [-0.39, 0.29) is 12.1 Å². The van der Waals surface area contributed by atoms with Crippen molar-refractivity contribution in [1.82, 2.24) is 20.0 Å². The molecular formula is C16H25ClN4O2. The Morgan fingerprint density at radius 2 is 2.17 bits per heavy atom. The largest absolute Gasteiger partial charge is 0.444 e. The van der Waals surface area contributed by atoms with Crippen molar-refractivity contribution in [3.8, 4) is 0 Å². The third-order valence-electron chi connectivity index (χ3n) is 3.65. The van der Waals surface area contributed by atoms with Gasteiger partial charge in [0, 0.05) is 25.7 Å². The van der Waals surface area contributed by atoms with E-state index in [0.717, 1.165) is 31.6 Å². The lowest BCUT2D eigenvalue weighted by atomic mass is 10.2. The quantitative estimate of drug-likeness (QED) is 0.843. The molecule has 1 fully saturated rings. The molecule has 0 unspecified atom stereocenters. The number of nitrogens with zero attached hydrogens (tertiary/aromatic N) is 4.